The van der Waals surface area contributed by atoms with E-state index in [0.717, 1.165) is 24.7 Å². The van der Waals surface area contributed by atoms with Gasteiger partial charge in [-0.3, -0.25) is 4.79 Å². The van der Waals surface area contributed by atoms with Gasteiger partial charge in [0.1, 0.15) is 5.78 Å². The standard InChI is InChI=1S/C14H27NO/c1-11(8-9-14(15)12(2)16)10-13-6-4-3-5-7-13/h11,13-14H,3-10,15H2,1-2H3/t11-,14+/m1/s1. The number of carbonyl (C=O) groups is 1. The zero-order chi connectivity index (χ0) is 12.0. The maximum absolute atomic E-state index is 11.0. The molecule has 0 radical (unpaired) electrons. The predicted molar refractivity (Wildman–Crippen MR) is 68.2 cm³/mol. The van der Waals surface area contributed by atoms with E-state index >= 15 is 0 Å². The molecule has 0 aromatic heterocycles. The van der Waals surface area contributed by atoms with Crippen LogP contribution >= 0.6 is 0 Å². The van der Waals surface area contributed by atoms with Crippen LogP contribution < -0.4 is 5.73 Å². The summed E-state index contributed by atoms with van der Waals surface area (Å²) in [6.07, 6.45) is 10.4. The number of Topliss-reactive ketones (excluding diaryl/α,β-unsaturated/α-hetero) is 1. The van der Waals surface area contributed by atoms with Crippen molar-refractivity contribution in [1.29, 1.82) is 0 Å². The summed E-state index contributed by atoms with van der Waals surface area (Å²) in [6.45, 7) is 3.90. The number of ketones is 1. The van der Waals surface area contributed by atoms with Gasteiger partial charge in [0.05, 0.1) is 6.04 Å². The molecule has 0 saturated heterocycles. The Labute approximate surface area is 100.0 Å². The Hall–Kier alpha value is -0.370. The van der Waals surface area contributed by atoms with Crippen LogP contribution in [0.2, 0.25) is 0 Å². The molecule has 0 heterocycles. The fourth-order valence-corrected chi connectivity index (χ4v) is 2.78. The Morgan fingerprint density at radius 3 is 2.44 bits per heavy atom. The summed E-state index contributed by atoms with van der Waals surface area (Å²) in [7, 11) is 0. The quantitative estimate of drug-likeness (QED) is 0.753. The van der Waals surface area contributed by atoms with Gasteiger partial charge < -0.3 is 5.73 Å². The van der Waals surface area contributed by atoms with E-state index in [1.807, 2.05) is 0 Å². The van der Waals surface area contributed by atoms with Gasteiger partial charge in [-0.05, 0) is 38.0 Å². The molecule has 2 nitrogen and oxygen atoms in total. The van der Waals surface area contributed by atoms with Crippen LogP contribution in [0.1, 0.15) is 65.2 Å². The highest BCUT2D eigenvalue weighted by Crippen LogP contribution is 2.30. The van der Waals surface area contributed by atoms with Gasteiger partial charge in [0.2, 0.25) is 0 Å². The summed E-state index contributed by atoms with van der Waals surface area (Å²) in [5, 5.41) is 0. The van der Waals surface area contributed by atoms with Crippen LogP contribution in [0, 0.1) is 11.8 Å². The molecule has 1 rings (SSSR count). The van der Waals surface area contributed by atoms with E-state index in [1.54, 1.807) is 6.92 Å². The highest BCUT2D eigenvalue weighted by atomic mass is 16.1. The van der Waals surface area contributed by atoms with Crippen molar-refractivity contribution in [2.24, 2.45) is 17.6 Å². The minimum atomic E-state index is -0.228. The molecule has 0 aliphatic heterocycles. The Kier molecular flexibility index (Phi) is 6.04. The zero-order valence-corrected chi connectivity index (χ0v) is 10.9. The van der Waals surface area contributed by atoms with Gasteiger partial charge in [-0.15, -0.1) is 0 Å². The first-order valence-corrected chi connectivity index (χ1v) is 6.85. The van der Waals surface area contributed by atoms with Crippen molar-refractivity contribution in [2.75, 3.05) is 0 Å². The Bertz CT molecular complexity index is 209. The van der Waals surface area contributed by atoms with Gasteiger partial charge in [-0.25, -0.2) is 0 Å². The Balaban J connectivity index is 2.14. The fraction of sp³-hybridized carbons (Fsp3) is 0.929. The molecular formula is C14H27NO. The first-order valence-electron chi connectivity index (χ1n) is 6.85. The minimum Gasteiger partial charge on any atom is -0.322 e. The number of hydrogen-bond acceptors (Lipinski definition) is 2. The summed E-state index contributed by atoms with van der Waals surface area (Å²) < 4.78 is 0. The molecule has 0 bridgehead atoms. The molecule has 16 heavy (non-hydrogen) atoms. The van der Waals surface area contributed by atoms with Crippen molar-refractivity contribution in [3.8, 4) is 0 Å². The average Bonchev–Trinajstić information content (AvgIpc) is 2.27. The monoisotopic (exact) mass is 225 g/mol. The van der Waals surface area contributed by atoms with Gasteiger partial charge in [-0.2, -0.15) is 0 Å². The van der Waals surface area contributed by atoms with Crippen molar-refractivity contribution in [3.63, 3.8) is 0 Å². The van der Waals surface area contributed by atoms with Crippen LogP contribution in [-0.4, -0.2) is 11.8 Å². The molecule has 0 unspecified atom stereocenters. The van der Waals surface area contributed by atoms with E-state index in [1.165, 1.54) is 38.5 Å². The van der Waals surface area contributed by atoms with Crippen LogP contribution in [0.25, 0.3) is 0 Å². The van der Waals surface area contributed by atoms with Crippen molar-refractivity contribution >= 4 is 5.78 Å². The van der Waals surface area contributed by atoms with Crippen LogP contribution in [0.4, 0.5) is 0 Å². The van der Waals surface area contributed by atoms with Gasteiger partial charge in [-0.1, -0.05) is 39.0 Å². The summed E-state index contributed by atoms with van der Waals surface area (Å²) >= 11 is 0. The Morgan fingerprint density at radius 2 is 1.88 bits per heavy atom. The number of carbonyl (C=O) groups excluding carboxylic acids is 1. The molecule has 2 atom stereocenters. The van der Waals surface area contributed by atoms with Crippen molar-refractivity contribution in [2.45, 2.75) is 71.3 Å². The number of hydrogen-bond donors (Lipinski definition) is 1. The van der Waals surface area contributed by atoms with Crippen molar-refractivity contribution < 1.29 is 4.79 Å². The lowest BCUT2D eigenvalue weighted by atomic mass is 9.82. The molecule has 94 valence electrons. The van der Waals surface area contributed by atoms with Crippen LogP contribution in [0.15, 0.2) is 0 Å². The van der Waals surface area contributed by atoms with E-state index in [9.17, 15) is 4.79 Å². The fourth-order valence-electron chi connectivity index (χ4n) is 2.78. The van der Waals surface area contributed by atoms with Crippen molar-refractivity contribution in [3.05, 3.63) is 0 Å². The molecule has 0 amide bonds. The predicted octanol–water partition coefficient (Wildman–Crippen LogP) is 3.29. The summed E-state index contributed by atoms with van der Waals surface area (Å²) in [5.74, 6) is 1.80. The SMILES string of the molecule is CC(=O)[C@@H](N)CC[C@@H](C)CC1CCCCC1. The third-order valence-corrected chi connectivity index (χ3v) is 3.95. The third-order valence-electron chi connectivity index (χ3n) is 3.95. The molecule has 2 heteroatoms. The van der Waals surface area contributed by atoms with E-state index in [4.69, 9.17) is 5.73 Å². The van der Waals surface area contributed by atoms with Gasteiger partial charge in [0.25, 0.3) is 0 Å². The summed E-state index contributed by atoms with van der Waals surface area (Å²) in [5.41, 5.74) is 5.75. The van der Waals surface area contributed by atoms with Crippen LogP contribution in [0.3, 0.4) is 0 Å². The second kappa shape index (κ2) is 7.05. The number of nitrogens with two attached hydrogens (primary N) is 1. The zero-order valence-electron chi connectivity index (χ0n) is 10.9. The van der Waals surface area contributed by atoms with Gasteiger partial charge >= 0.3 is 0 Å². The first kappa shape index (κ1) is 13.7. The van der Waals surface area contributed by atoms with E-state index in [-0.39, 0.29) is 11.8 Å². The maximum Gasteiger partial charge on any atom is 0.146 e. The second-order valence-corrected chi connectivity index (χ2v) is 5.64. The Morgan fingerprint density at radius 1 is 1.25 bits per heavy atom. The molecular weight excluding hydrogens is 198 g/mol. The lowest BCUT2D eigenvalue weighted by molar-refractivity contribution is -0.118. The molecule has 2 N–H and O–H groups in total. The van der Waals surface area contributed by atoms with Crippen LogP contribution in [-0.2, 0) is 4.79 Å². The maximum atomic E-state index is 11.0. The lowest BCUT2D eigenvalue weighted by Gasteiger charge is -2.25. The summed E-state index contributed by atoms with van der Waals surface area (Å²) in [6, 6.07) is -0.228. The van der Waals surface area contributed by atoms with Gasteiger partial charge in [0.15, 0.2) is 0 Å². The highest BCUT2D eigenvalue weighted by Gasteiger charge is 2.17. The molecule has 1 fully saturated rings. The first-order chi connectivity index (χ1) is 7.59. The average molecular weight is 225 g/mol. The smallest absolute Gasteiger partial charge is 0.146 e. The van der Waals surface area contributed by atoms with E-state index in [2.05, 4.69) is 6.92 Å². The normalized spacial score (nSPS) is 21.7. The molecule has 1 aliphatic rings. The number of rotatable bonds is 6. The molecule has 0 aromatic carbocycles. The van der Waals surface area contributed by atoms with Gasteiger partial charge in [0, 0.05) is 0 Å². The van der Waals surface area contributed by atoms with E-state index < -0.39 is 0 Å². The molecule has 1 saturated carbocycles. The minimum absolute atomic E-state index is 0.130. The highest BCUT2D eigenvalue weighted by molar-refractivity contribution is 5.81. The third kappa shape index (κ3) is 5.11. The largest absolute Gasteiger partial charge is 0.322 e. The molecule has 1 aliphatic carbocycles. The second-order valence-electron chi connectivity index (χ2n) is 5.64. The topological polar surface area (TPSA) is 43.1 Å². The molecule has 0 spiro atoms. The van der Waals surface area contributed by atoms with Crippen molar-refractivity contribution in [1.82, 2.24) is 0 Å². The lowest BCUT2D eigenvalue weighted by Crippen LogP contribution is -2.28. The van der Waals surface area contributed by atoms with Crippen LogP contribution in [0.5, 0.6) is 0 Å². The van der Waals surface area contributed by atoms with E-state index in [0.29, 0.717) is 0 Å². The molecule has 0 aromatic rings. The summed E-state index contributed by atoms with van der Waals surface area (Å²) in [4.78, 5) is 11.0.